The van der Waals surface area contributed by atoms with Crippen molar-refractivity contribution in [3.63, 3.8) is 0 Å². The summed E-state index contributed by atoms with van der Waals surface area (Å²) in [4.78, 5) is 6.61. The van der Waals surface area contributed by atoms with E-state index in [2.05, 4.69) is 29.1 Å². The topological polar surface area (TPSA) is 42.1 Å². The Kier molecular flexibility index (Phi) is 3.59. The Morgan fingerprint density at radius 2 is 2.06 bits per heavy atom. The fraction of sp³-hybridized carbons (Fsp3) is 0.357. The first-order valence-corrected chi connectivity index (χ1v) is 5.99. The predicted molar refractivity (Wildman–Crippen MR) is 73.3 cm³/mol. The molecular weight excluding hydrogens is 210 g/mol. The molecule has 0 spiro atoms. The molecular formula is C14H19N3. The second-order valence-electron chi connectivity index (χ2n) is 4.53. The number of anilines is 1. The molecule has 3 heteroatoms. The summed E-state index contributed by atoms with van der Waals surface area (Å²) in [5.74, 6) is 0. The Balaban J connectivity index is 2.28. The molecule has 0 aliphatic carbocycles. The highest BCUT2D eigenvalue weighted by Gasteiger charge is 2.06. The summed E-state index contributed by atoms with van der Waals surface area (Å²) in [6.07, 6.45) is 2.85. The molecule has 2 N–H and O–H groups in total. The van der Waals surface area contributed by atoms with E-state index < -0.39 is 0 Å². The van der Waals surface area contributed by atoms with Crippen molar-refractivity contribution >= 4 is 16.6 Å². The zero-order valence-electron chi connectivity index (χ0n) is 10.4. The van der Waals surface area contributed by atoms with E-state index in [-0.39, 0.29) is 6.04 Å². The molecule has 0 radical (unpaired) electrons. The van der Waals surface area contributed by atoms with Crippen LogP contribution in [0.1, 0.15) is 13.3 Å². The number of pyridine rings is 1. The van der Waals surface area contributed by atoms with Crippen molar-refractivity contribution < 1.29 is 0 Å². The number of fused-ring (bicyclic) bond motifs is 1. The Hall–Kier alpha value is -1.61. The minimum absolute atomic E-state index is 0.241. The summed E-state index contributed by atoms with van der Waals surface area (Å²) in [6, 6.07) is 10.5. The van der Waals surface area contributed by atoms with Crippen LogP contribution in [0.5, 0.6) is 0 Å². The third-order valence-electron chi connectivity index (χ3n) is 2.96. The molecule has 0 saturated heterocycles. The van der Waals surface area contributed by atoms with Gasteiger partial charge in [0.2, 0.25) is 0 Å². The van der Waals surface area contributed by atoms with Crippen LogP contribution in [0.2, 0.25) is 0 Å². The maximum atomic E-state index is 5.79. The van der Waals surface area contributed by atoms with Crippen LogP contribution < -0.4 is 10.6 Å². The lowest BCUT2D eigenvalue weighted by atomic mass is 10.1. The molecule has 3 nitrogen and oxygen atoms in total. The highest BCUT2D eigenvalue weighted by molar-refractivity contribution is 5.91. The molecule has 2 aromatic rings. The molecule has 0 bridgehead atoms. The molecule has 2 rings (SSSR count). The number of hydrogen-bond acceptors (Lipinski definition) is 3. The normalized spacial score (nSPS) is 12.6. The molecule has 0 aliphatic heterocycles. The van der Waals surface area contributed by atoms with E-state index in [1.165, 1.54) is 11.1 Å². The van der Waals surface area contributed by atoms with Crippen LogP contribution in [-0.2, 0) is 0 Å². The Morgan fingerprint density at radius 3 is 2.82 bits per heavy atom. The van der Waals surface area contributed by atoms with Gasteiger partial charge < -0.3 is 10.6 Å². The van der Waals surface area contributed by atoms with Crippen LogP contribution in [0.15, 0.2) is 36.5 Å². The van der Waals surface area contributed by atoms with E-state index in [4.69, 9.17) is 5.73 Å². The van der Waals surface area contributed by atoms with E-state index in [0.717, 1.165) is 18.5 Å². The Morgan fingerprint density at radius 1 is 1.29 bits per heavy atom. The molecule has 1 aromatic heterocycles. The molecule has 0 saturated carbocycles. The summed E-state index contributed by atoms with van der Waals surface area (Å²) in [6.45, 7) is 3.00. The van der Waals surface area contributed by atoms with Gasteiger partial charge in [-0.05, 0) is 25.5 Å². The minimum Gasteiger partial charge on any atom is -0.374 e. The Labute approximate surface area is 102 Å². The van der Waals surface area contributed by atoms with Gasteiger partial charge in [-0.25, -0.2) is 0 Å². The van der Waals surface area contributed by atoms with Crippen molar-refractivity contribution in [2.75, 3.05) is 18.5 Å². The van der Waals surface area contributed by atoms with E-state index in [9.17, 15) is 0 Å². The average molecular weight is 229 g/mol. The number of hydrogen-bond donors (Lipinski definition) is 1. The SMILES string of the molecule is CC(N)CCN(C)c1ccnc2ccccc12. The van der Waals surface area contributed by atoms with Gasteiger partial charge in [0.15, 0.2) is 0 Å². The third-order valence-corrected chi connectivity index (χ3v) is 2.96. The second kappa shape index (κ2) is 5.15. The van der Waals surface area contributed by atoms with Crippen molar-refractivity contribution in [3.8, 4) is 0 Å². The maximum absolute atomic E-state index is 5.79. The molecule has 1 heterocycles. The number of rotatable bonds is 4. The van der Waals surface area contributed by atoms with Crippen molar-refractivity contribution in [3.05, 3.63) is 36.5 Å². The number of benzene rings is 1. The van der Waals surface area contributed by atoms with E-state index in [1.807, 2.05) is 31.3 Å². The number of aromatic nitrogens is 1. The zero-order valence-corrected chi connectivity index (χ0v) is 10.4. The lowest BCUT2D eigenvalue weighted by Crippen LogP contribution is -2.25. The van der Waals surface area contributed by atoms with Gasteiger partial charge in [-0.2, -0.15) is 0 Å². The molecule has 1 aromatic carbocycles. The largest absolute Gasteiger partial charge is 0.374 e. The van der Waals surface area contributed by atoms with Gasteiger partial charge in [-0.3, -0.25) is 4.98 Å². The van der Waals surface area contributed by atoms with E-state index in [0.29, 0.717) is 0 Å². The number of para-hydroxylation sites is 1. The highest BCUT2D eigenvalue weighted by Crippen LogP contribution is 2.24. The minimum atomic E-state index is 0.241. The van der Waals surface area contributed by atoms with E-state index in [1.54, 1.807) is 0 Å². The Bertz CT molecular complexity index is 488. The first-order valence-electron chi connectivity index (χ1n) is 5.99. The molecule has 0 aliphatic rings. The lowest BCUT2D eigenvalue weighted by Gasteiger charge is -2.21. The molecule has 1 unspecified atom stereocenters. The fourth-order valence-corrected chi connectivity index (χ4v) is 1.93. The summed E-state index contributed by atoms with van der Waals surface area (Å²) >= 11 is 0. The standard InChI is InChI=1S/C14H19N3/c1-11(15)8-10-17(2)14-7-9-16-13-6-4-3-5-12(13)14/h3-7,9,11H,8,10,15H2,1-2H3. The van der Waals surface area contributed by atoms with Gasteiger partial charge >= 0.3 is 0 Å². The average Bonchev–Trinajstić information content (AvgIpc) is 2.35. The van der Waals surface area contributed by atoms with Crippen LogP contribution in [0.3, 0.4) is 0 Å². The van der Waals surface area contributed by atoms with Crippen LogP contribution >= 0.6 is 0 Å². The molecule has 90 valence electrons. The fourth-order valence-electron chi connectivity index (χ4n) is 1.93. The van der Waals surface area contributed by atoms with Crippen LogP contribution in [0, 0.1) is 0 Å². The first kappa shape index (κ1) is 11.9. The van der Waals surface area contributed by atoms with Gasteiger partial charge in [0.25, 0.3) is 0 Å². The summed E-state index contributed by atoms with van der Waals surface area (Å²) in [5.41, 5.74) is 8.05. The molecule has 17 heavy (non-hydrogen) atoms. The predicted octanol–water partition coefficient (Wildman–Crippen LogP) is 2.41. The quantitative estimate of drug-likeness (QED) is 0.875. The van der Waals surface area contributed by atoms with Crippen molar-refractivity contribution in [2.45, 2.75) is 19.4 Å². The van der Waals surface area contributed by atoms with Crippen LogP contribution in [0.25, 0.3) is 10.9 Å². The van der Waals surface area contributed by atoms with Gasteiger partial charge in [-0.1, -0.05) is 18.2 Å². The van der Waals surface area contributed by atoms with Crippen molar-refractivity contribution in [1.82, 2.24) is 4.98 Å². The summed E-state index contributed by atoms with van der Waals surface area (Å²) in [5, 5.41) is 1.20. The molecule has 0 fully saturated rings. The molecule has 0 amide bonds. The first-order chi connectivity index (χ1) is 8.18. The van der Waals surface area contributed by atoms with Gasteiger partial charge in [0, 0.05) is 36.9 Å². The van der Waals surface area contributed by atoms with Crippen molar-refractivity contribution in [2.24, 2.45) is 5.73 Å². The molecule has 1 atom stereocenters. The number of nitrogens with zero attached hydrogens (tertiary/aromatic N) is 2. The number of nitrogens with two attached hydrogens (primary N) is 1. The second-order valence-corrected chi connectivity index (χ2v) is 4.53. The monoisotopic (exact) mass is 229 g/mol. The lowest BCUT2D eigenvalue weighted by molar-refractivity contribution is 0.660. The third kappa shape index (κ3) is 2.74. The summed E-state index contributed by atoms with van der Waals surface area (Å²) in [7, 11) is 2.10. The van der Waals surface area contributed by atoms with E-state index >= 15 is 0 Å². The maximum Gasteiger partial charge on any atom is 0.0722 e. The smallest absolute Gasteiger partial charge is 0.0722 e. The van der Waals surface area contributed by atoms with Gasteiger partial charge in [0.1, 0.15) is 0 Å². The van der Waals surface area contributed by atoms with Gasteiger partial charge in [-0.15, -0.1) is 0 Å². The summed E-state index contributed by atoms with van der Waals surface area (Å²) < 4.78 is 0. The highest BCUT2D eigenvalue weighted by atomic mass is 15.1. The van der Waals surface area contributed by atoms with Crippen LogP contribution in [0.4, 0.5) is 5.69 Å². The van der Waals surface area contributed by atoms with Crippen molar-refractivity contribution in [1.29, 1.82) is 0 Å². The van der Waals surface area contributed by atoms with Crippen LogP contribution in [-0.4, -0.2) is 24.6 Å². The van der Waals surface area contributed by atoms with Gasteiger partial charge in [0.05, 0.1) is 5.52 Å². The zero-order chi connectivity index (χ0) is 12.3.